The van der Waals surface area contributed by atoms with E-state index >= 15 is 0 Å². The highest BCUT2D eigenvalue weighted by Crippen LogP contribution is 2.25. The number of rotatable bonds is 4. The van der Waals surface area contributed by atoms with E-state index in [1.165, 1.54) is 36.4 Å². The van der Waals surface area contributed by atoms with E-state index in [1.807, 2.05) is 0 Å². The molecule has 1 aromatic heterocycles. The first kappa shape index (κ1) is 18.7. The molecule has 0 radical (unpaired) electrons. The van der Waals surface area contributed by atoms with Crippen LogP contribution in [0.2, 0.25) is 5.02 Å². The molecule has 0 spiro atoms. The highest BCUT2D eigenvalue weighted by atomic mass is 35.5. The van der Waals surface area contributed by atoms with Crippen LogP contribution in [0.5, 0.6) is 0 Å². The number of para-hydroxylation sites is 1. The van der Waals surface area contributed by atoms with Gasteiger partial charge in [-0.05, 0) is 36.8 Å². The Labute approximate surface area is 158 Å². The van der Waals surface area contributed by atoms with Crippen molar-refractivity contribution < 1.29 is 13.6 Å². The largest absolute Gasteiger partial charge is 0.344 e. The van der Waals surface area contributed by atoms with E-state index in [9.17, 15) is 18.4 Å². The molecule has 1 amide bonds. The molecule has 138 valence electrons. The summed E-state index contributed by atoms with van der Waals surface area (Å²) in [7, 11) is 0. The van der Waals surface area contributed by atoms with Gasteiger partial charge in [0.1, 0.15) is 23.0 Å². The minimum Gasteiger partial charge on any atom is -0.344 e. The molecule has 0 aliphatic heterocycles. The number of nitrogens with one attached hydrogen (secondary N) is 1. The molecule has 0 bridgehead atoms. The third kappa shape index (κ3) is 3.88. The van der Waals surface area contributed by atoms with Crippen LogP contribution in [-0.4, -0.2) is 15.7 Å². The van der Waals surface area contributed by atoms with Gasteiger partial charge in [-0.25, -0.2) is 8.78 Å². The molecule has 0 aliphatic carbocycles. The quantitative estimate of drug-likeness (QED) is 0.740. The van der Waals surface area contributed by atoms with Crippen LogP contribution >= 0.6 is 11.6 Å². The molecule has 0 fully saturated rings. The number of aromatic nitrogens is 2. The zero-order valence-electron chi connectivity index (χ0n) is 14.1. The normalized spacial score (nSPS) is 11.9. The molecule has 5 nitrogen and oxygen atoms in total. The molecule has 1 N–H and O–H groups in total. The molecular weight excluding hydrogens is 376 g/mol. The van der Waals surface area contributed by atoms with E-state index in [4.69, 9.17) is 11.6 Å². The second-order valence-corrected chi connectivity index (χ2v) is 6.14. The lowest BCUT2D eigenvalue weighted by Crippen LogP contribution is -2.31. The van der Waals surface area contributed by atoms with Gasteiger partial charge in [0.15, 0.2) is 0 Å². The molecule has 3 aromatic rings. The fourth-order valence-electron chi connectivity index (χ4n) is 2.53. The Balaban J connectivity index is 1.90. The molecule has 0 saturated heterocycles. The van der Waals surface area contributed by atoms with E-state index in [2.05, 4.69) is 10.4 Å². The maximum atomic E-state index is 14.0. The van der Waals surface area contributed by atoms with Gasteiger partial charge in [-0.2, -0.15) is 9.78 Å². The maximum absolute atomic E-state index is 14.0. The van der Waals surface area contributed by atoms with Crippen molar-refractivity contribution in [3.63, 3.8) is 0 Å². The summed E-state index contributed by atoms with van der Waals surface area (Å²) < 4.78 is 28.4. The minimum atomic E-state index is -0.649. The maximum Gasteiger partial charge on any atom is 0.272 e. The molecule has 27 heavy (non-hydrogen) atoms. The molecule has 2 aromatic carbocycles. The van der Waals surface area contributed by atoms with Gasteiger partial charge in [0, 0.05) is 6.07 Å². The Hall–Kier alpha value is -3.06. The Bertz CT molecular complexity index is 1070. The standard InChI is InChI=1S/C19H14ClF2N3O2/c1-11(12-5-4-7-14(22)18(12)20)23-19(27)15-9-10-17(26)25(24-15)16-8-3-2-6-13(16)21/h2-11H,1H3,(H,23,27)/t11-/m1/s1. The smallest absolute Gasteiger partial charge is 0.272 e. The highest BCUT2D eigenvalue weighted by molar-refractivity contribution is 6.31. The number of amides is 1. The van der Waals surface area contributed by atoms with Crippen molar-refractivity contribution in [3.8, 4) is 5.69 Å². The SMILES string of the molecule is C[C@@H](NC(=O)c1ccc(=O)n(-c2ccccc2F)n1)c1cccc(F)c1Cl. The van der Waals surface area contributed by atoms with Gasteiger partial charge in [-0.1, -0.05) is 35.9 Å². The zero-order chi connectivity index (χ0) is 19.6. The third-order valence-electron chi connectivity index (χ3n) is 3.91. The van der Waals surface area contributed by atoms with Crippen molar-refractivity contribution in [1.82, 2.24) is 15.1 Å². The van der Waals surface area contributed by atoms with Crippen LogP contribution in [0.4, 0.5) is 8.78 Å². The van der Waals surface area contributed by atoms with E-state index in [-0.39, 0.29) is 16.4 Å². The van der Waals surface area contributed by atoms with E-state index in [0.717, 1.165) is 10.7 Å². The summed E-state index contributed by atoms with van der Waals surface area (Å²) in [6.45, 7) is 1.63. The Morgan fingerprint density at radius 3 is 2.52 bits per heavy atom. The summed E-state index contributed by atoms with van der Waals surface area (Å²) in [5.41, 5.74) is -0.360. The van der Waals surface area contributed by atoms with Crippen LogP contribution in [-0.2, 0) is 0 Å². The van der Waals surface area contributed by atoms with Crippen LogP contribution < -0.4 is 10.9 Å². The van der Waals surface area contributed by atoms with E-state index in [1.54, 1.807) is 19.1 Å². The van der Waals surface area contributed by atoms with Crippen LogP contribution in [0.3, 0.4) is 0 Å². The third-order valence-corrected chi connectivity index (χ3v) is 4.31. The first-order chi connectivity index (χ1) is 12.9. The average molecular weight is 390 g/mol. The van der Waals surface area contributed by atoms with Crippen molar-refractivity contribution in [2.45, 2.75) is 13.0 Å². The van der Waals surface area contributed by atoms with Gasteiger partial charge < -0.3 is 5.32 Å². The van der Waals surface area contributed by atoms with Crippen molar-refractivity contribution in [3.05, 3.63) is 92.9 Å². The molecule has 0 unspecified atom stereocenters. The Morgan fingerprint density at radius 2 is 1.78 bits per heavy atom. The lowest BCUT2D eigenvalue weighted by molar-refractivity contribution is 0.0933. The van der Waals surface area contributed by atoms with Gasteiger partial charge in [-0.15, -0.1) is 0 Å². The Kier molecular flexibility index (Phi) is 5.32. The summed E-state index contributed by atoms with van der Waals surface area (Å²) >= 11 is 5.93. The lowest BCUT2D eigenvalue weighted by atomic mass is 10.1. The van der Waals surface area contributed by atoms with Crippen molar-refractivity contribution in [2.75, 3.05) is 0 Å². The Morgan fingerprint density at radius 1 is 1.07 bits per heavy atom. The second-order valence-electron chi connectivity index (χ2n) is 5.76. The predicted octanol–water partition coefficient (Wildman–Crippen LogP) is 3.66. The molecule has 8 heteroatoms. The number of hydrogen-bond acceptors (Lipinski definition) is 3. The van der Waals surface area contributed by atoms with Gasteiger partial charge in [0.05, 0.1) is 11.1 Å². The predicted molar refractivity (Wildman–Crippen MR) is 97.1 cm³/mol. The van der Waals surface area contributed by atoms with Gasteiger partial charge in [0.25, 0.3) is 11.5 Å². The van der Waals surface area contributed by atoms with Crippen molar-refractivity contribution in [2.24, 2.45) is 0 Å². The number of halogens is 3. The number of carbonyl (C=O) groups is 1. The van der Waals surface area contributed by atoms with Gasteiger partial charge in [0.2, 0.25) is 0 Å². The topological polar surface area (TPSA) is 64.0 Å². The monoisotopic (exact) mass is 389 g/mol. The molecule has 1 atom stereocenters. The summed E-state index contributed by atoms with van der Waals surface area (Å²) in [6, 6.07) is 11.6. The van der Waals surface area contributed by atoms with E-state index in [0.29, 0.717) is 5.56 Å². The van der Waals surface area contributed by atoms with Crippen molar-refractivity contribution >= 4 is 17.5 Å². The molecule has 0 saturated carbocycles. The summed E-state index contributed by atoms with van der Waals surface area (Å²) in [6.07, 6.45) is 0. The first-order valence-corrected chi connectivity index (χ1v) is 8.36. The fourth-order valence-corrected chi connectivity index (χ4v) is 2.82. The highest BCUT2D eigenvalue weighted by Gasteiger charge is 2.18. The van der Waals surface area contributed by atoms with Crippen molar-refractivity contribution in [1.29, 1.82) is 0 Å². The summed E-state index contributed by atoms with van der Waals surface area (Å²) in [4.78, 5) is 24.5. The average Bonchev–Trinajstić information content (AvgIpc) is 2.65. The van der Waals surface area contributed by atoms with Crippen LogP contribution in [0.1, 0.15) is 29.0 Å². The minimum absolute atomic E-state index is 0.0710. The van der Waals surface area contributed by atoms with Gasteiger partial charge in [-0.3, -0.25) is 9.59 Å². The fraction of sp³-hybridized carbons (Fsp3) is 0.105. The number of hydrogen-bond donors (Lipinski definition) is 1. The molecule has 0 aliphatic rings. The molecular formula is C19H14ClF2N3O2. The zero-order valence-corrected chi connectivity index (χ0v) is 14.9. The summed E-state index contributed by atoms with van der Waals surface area (Å²) in [5, 5.41) is 6.48. The van der Waals surface area contributed by atoms with Crippen LogP contribution in [0.15, 0.2) is 59.4 Å². The lowest BCUT2D eigenvalue weighted by Gasteiger charge is -2.16. The number of benzene rings is 2. The van der Waals surface area contributed by atoms with Crippen LogP contribution in [0.25, 0.3) is 5.69 Å². The second kappa shape index (κ2) is 7.67. The molecule has 3 rings (SSSR count). The molecule has 1 heterocycles. The van der Waals surface area contributed by atoms with Gasteiger partial charge >= 0.3 is 0 Å². The van der Waals surface area contributed by atoms with Crippen LogP contribution in [0, 0.1) is 11.6 Å². The number of nitrogens with zero attached hydrogens (tertiary/aromatic N) is 2. The summed E-state index contributed by atoms with van der Waals surface area (Å²) in [5.74, 6) is -1.86. The number of carbonyl (C=O) groups excluding carboxylic acids is 1. The first-order valence-electron chi connectivity index (χ1n) is 7.98. The van der Waals surface area contributed by atoms with E-state index < -0.39 is 29.1 Å².